The van der Waals surface area contributed by atoms with Crippen molar-refractivity contribution in [1.82, 2.24) is 9.80 Å². The number of nitrogens with zero attached hydrogens (tertiary/aromatic N) is 2. The Labute approximate surface area is 161 Å². The topological polar surface area (TPSA) is 59.1 Å². The van der Waals surface area contributed by atoms with E-state index in [4.69, 9.17) is 9.47 Å². The molecule has 2 aliphatic heterocycles. The van der Waals surface area contributed by atoms with Crippen molar-refractivity contribution in [3.8, 4) is 0 Å². The van der Waals surface area contributed by atoms with E-state index in [9.17, 15) is 27.2 Å². The Morgan fingerprint density at radius 3 is 1.32 bits per heavy atom. The van der Waals surface area contributed by atoms with Crippen LogP contribution in [-0.4, -0.2) is 86.1 Å². The van der Waals surface area contributed by atoms with Crippen molar-refractivity contribution in [2.45, 2.75) is 50.7 Å². The van der Waals surface area contributed by atoms with Crippen molar-refractivity contribution in [2.24, 2.45) is 11.8 Å². The van der Waals surface area contributed by atoms with Crippen LogP contribution in [0, 0.1) is 11.8 Å². The standard InChI is InChI=1S/C18H26F4N2O4/c19-15(20)9-27-13-5-23(6-13)17(25)11-1-2-12(4-3-11)18(26)24-7-14(8-24)28-10-16(21)22/h11-16H,1-10H2. The smallest absolute Gasteiger partial charge is 0.261 e. The molecule has 0 atom stereocenters. The Balaban J connectivity index is 1.32. The van der Waals surface area contributed by atoms with Gasteiger partial charge in [0.05, 0.1) is 12.2 Å². The molecule has 0 aromatic heterocycles. The third-order valence-corrected chi connectivity index (χ3v) is 5.66. The van der Waals surface area contributed by atoms with E-state index in [1.54, 1.807) is 9.80 Å². The van der Waals surface area contributed by atoms with Gasteiger partial charge in [-0.05, 0) is 25.7 Å². The van der Waals surface area contributed by atoms with Crippen molar-refractivity contribution in [3.05, 3.63) is 0 Å². The van der Waals surface area contributed by atoms with Crippen LogP contribution in [0.3, 0.4) is 0 Å². The maximum absolute atomic E-state index is 12.5. The lowest BCUT2D eigenvalue weighted by Gasteiger charge is -2.43. The zero-order chi connectivity index (χ0) is 20.3. The molecule has 28 heavy (non-hydrogen) atoms. The van der Waals surface area contributed by atoms with Gasteiger partial charge in [-0.3, -0.25) is 9.59 Å². The Kier molecular flexibility index (Phi) is 7.14. The monoisotopic (exact) mass is 410 g/mol. The maximum Gasteiger partial charge on any atom is 0.261 e. The molecular formula is C18H26F4N2O4. The molecule has 0 spiro atoms. The van der Waals surface area contributed by atoms with Gasteiger partial charge in [0.15, 0.2) is 0 Å². The average Bonchev–Trinajstić information content (AvgIpc) is 2.58. The van der Waals surface area contributed by atoms with Crippen molar-refractivity contribution in [3.63, 3.8) is 0 Å². The van der Waals surface area contributed by atoms with Crippen LogP contribution in [0.5, 0.6) is 0 Å². The molecule has 0 N–H and O–H groups in total. The lowest BCUT2D eigenvalue weighted by Crippen LogP contribution is -2.58. The number of carbonyl (C=O) groups is 2. The number of hydrogen-bond acceptors (Lipinski definition) is 4. The Morgan fingerprint density at radius 1 is 0.714 bits per heavy atom. The minimum Gasteiger partial charge on any atom is -0.369 e. The van der Waals surface area contributed by atoms with Crippen LogP contribution < -0.4 is 0 Å². The molecule has 1 saturated carbocycles. The molecule has 0 bridgehead atoms. The third kappa shape index (κ3) is 5.34. The number of likely N-dealkylation sites (tertiary alicyclic amines) is 2. The molecule has 0 aromatic rings. The van der Waals surface area contributed by atoms with Crippen LogP contribution in [0.25, 0.3) is 0 Å². The van der Waals surface area contributed by atoms with Crippen LogP contribution in [0.4, 0.5) is 17.6 Å². The summed E-state index contributed by atoms with van der Waals surface area (Å²) in [6, 6.07) is 0. The van der Waals surface area contributed by atoms with Crippen LogP contribution >= 0.6 is 0 Å². The normalized spacial score (nSPS) is 26.5. The SMILES string of the molecule is O=C(C1CCC(C(=O)N2CC(OCC(F)F)C2)CC1)N1CC(OCC(F)F)C1. The van der Waals surface area contributed by atoms with Crippen molar-refractivity contribution in [2.75, 3.05) is 39.4 Å². The van der Waals surface area contributed by atoms with Crippen molar-refractivity contribution in [1.29, 1.82) is 0 Å². The van der Waals surface area contributed by atoms with Gasteiger partial charge in [-0.2, -0.15) is 0 Å². The molecule has 2 heterocycles. The zero-order valence-electron chi connectivity index (χ0n) is 15.6. The van der Waals surface area contributed by atoms with E-state index in [1.165, 1.54) is 0 Å². The molecule has 0 radical (unpaired) electrons. The molecule has 2 amide bonds. The number of alkyl halides is 4. The van der Waals surface area contributed by atoms with E-state index < -0.39 is 26.1 Å². The van der Waals surface area contributed by atoms with Gasteiger partial charge in [-0.1, -0.05) is 0 Å². The van der Waals surface area contributed by atoms with Crippen LogP contribution in [-0.2, 0) is 19.1 Å². The Morgan fingerprint density at radius 2 is 1.04 bits per heavy atom. The van der Waals surface area contributed by atoms with Crippen LogP contribution in [0.2, 0.25) is 0 Å². The predicted octanol–water partition coefficient (Wildman–Crippen LogP) is 1.78. The summed E-state index contributed by atoms with van der Waals surface area (Å²) in [6.45, 7) is 0.168. The number of carbonyl (C=O) groups excluding carboxylic acids is 2. The molecule has 3 rings (SSSR count). The summed E-state index contributed by atoms with van der Waals surface area (Å²) in [5, 5.41) is 0. The molecule has 1 aliphatic carbocycles. The van der Waals surface area contributed by atoms with Crippen molar-refractivity contribution < 1.29 is 36.6 Å². The van der Waals surface area contributed by atoms with E-state index >= 15 is 0 Å². The van der Waals surface area contributed by atoms with Crippen LogP contribution in [0.15, 0.2) is 0 Å². The predicted molar refractivity (Wildman–Crippen MR) is 90.1 cm³/mol. The highest BCUT2D eigenvalue weighted by Crippen LogP contribution is 2.33. The first-order chi connectivity index (χ1) is 13.3. The summed E-state index contributed by atoms with van der Waals surface area (Å²) in [5.41, 5.74) is 0. The summed E-state index contributed by atoms with van der Waals surface area (Å²) in [7, 11) is 0. The largest absolute Gasteiger partial charge is 0.369 e. The quantitative estimate of drug-likeness (QED) is 0.573. The minimum atomic E-state index is -2.50. The molecular weight excluding hydrogens is 384 g/mol. The van der Waals surface area contributed by atoms with E-state index in [0.29, 0.717) is 51.9 Å². The van der Waals surface area contributed by atoms with Gasteiger partial charge in [0.2, 0.25) is 11.8 Å². The highest BCUT2D eigenvalue weighted by molar-refractivity contribution is 5.82. The van der Waals surface area contributed by atoms with Gasteiger partial charge in [-0.15, -0.1) is 0 Å². The molecule has 160 valence electrons. The second-order valence-corrected chi connectivity index (χ2v) is 7.73. The summed E-state index contributed by atoms with van der Waals surface area (Å²) in [4.78, 5) is 28.2. The summed E-state index contributed by atoms with van der Waals surface area (Å²) in [5.74, 6) is -0.267. The number of amides is 2. The third-order valence-electron chi connectivity index (χ3n) is 5.66. The molecule has 0 aromatic carbocycles. The average molecular weight is 410 g/mol. The first-order valence-corrected chi connectivity index (χ1v) is 9.70. The molecule has 10 heteroatoms. The fraction of sp³-hybridized carbons (Fsp3) is 0.889. The summed E-state index contributed by atoms with van der Waals surface area (Å²) >= 11 is 0. The summed E-state index contributed by atoms with van der Waals surface area (Å²) in [6.07, 6.45) is -3.17. The van der Waals surface area contributed by atoms with E-state index in [1.807, 2.05) is 0 Å². The molecule has 0 unspecified atom stereocenters. The zero-order valence-corrected chi connectivity index (χ0v) is 15.6. The minimum absolute atomic E-state index is 0.00668. The fourth-order valence-electron chi connectivity index (χ4n) is 3.97. The maximum atomic E-state index is 12.5. The van der Waals surface area contributed by atoms with Gasteiger partial charge >= 0.3 is 0 Å². The van der Waals surface area contributed by atoms with Gasteiger partial charge in [-0.25, -0.2) is 17.6 Å². The molecule has 2 saturated heterocycles. The molecule has 3 aliphatic rings. The molecule has 6 nitrogen and oxygen atoms in total. The number of hydrogen-bond donors (Lipinski definition) is 0. The van der Waals surface area contributed by atoms with Crippen LogP contribution in [0.1, 0.15) is 25.7 Å². The van der Waals surface area contributed by atoms with Gasteiger partial charge < -0.3 is 19.3 Å². The fourth-order valence-corrected chi connectivity index (χ4v) is 3.97. The first-order valence-electron chi connectivity index (χ1n) is 9.70. The van der Waals surface area contributed by atoms with Gasteiger partial charge in [0.25, 0.3) is 12.9 Å². The molecule has 3 fully saturated rings. The second kappa shape index (κ2) is 9.39. The first kappa shape index (κ1) is 21.3. The number of ether oxygens (including phenoxy) is 2. The van der Waals surface area contributed by atoms with E-state index in [0.717, 1.165) is 0 Å². The second-order valence-electron chi connectivity index (χ2n) is 7.73. The van der Waals surface area contributed by atoms with E-state index in [2.05, 4.69) is 0 Å². The highest BCUT2D eigenvalue weighted by Gasteiger charge is 2.40. The van der Waals surface area contributed by atoms with Crippen molar-refractivity contribution >= 4 is 11.8 Å². The Bertz CT molecular complexity index is 498. The Hall–Kier alpha value is -1.42. The summed E-state index contributed by atoms with van der Waals surface area (Å²) < 4.78 is 58.4. The van der Waals surface area contributed by atoms with Gasteiger partial charge in [0.1, 0.15) is 13.2 Å². The lowest BCUT2D eigenvalue weighted by atomic mass is 9.80. The lowest BCUT2D eigenvalue weighted by molar-refractivity contribution is -0.157. The number of rotatable bonds is 8. The van der Waals surface area contributed by atoms with Gasteiger partial charge in [0, 0.05) is 38.0 Å². The van der Waals surface area contributed by atoms with E-state index in [-0.39, 0.29) is 35.9 Å². The highest BCUT2D eigenvalue weighted by atomic mass is 19.3. The number of halogens is 4.